The highest BCUT2D eigenvalue weighted by molar-refractivity contribution is 7.90. The fourth-order valence-corrected chi connectivity index (χ4v) is 2.79. The van der Waals surface area contributed by atoms with Crippen LogP contribution in [-0.4, -0.2) is 27.8 Å². The van der Waals surface area contributed by atoms with Gasteiger partial charge in [-0.3, -0.25) is 0 Å². The lowest BCUT2D eigenvalue weighted by Crippen LogP contribution is -2.43. The maximum Gasteiger partial charge on any atom is 0.175 e. The van der Waals surface area contributed by atoms with Gasteiger partial charge in [0.2, 0.25) is 0 Å². The van der Waals surface area contributed by atoms with E-state index in [1.807, 2.05) is 12.1 Å². The number of sulfone groups is 1. The van der Waals surface area contributed by atoms with Crippen LogP contribution in [0, 0.1) is 5.92 Å². The third-order valence-electron chi connectivity index (χ3n) is 2.75. The molecule has 0 unspecified atom stereocenters. The number of nitrogens with one attached hydrogen (secondary N) is 1. The zero-order chi connectivity index (χ0) is 10.9. The van der Waals surface area contributed by atoms with Crippen molar-refractivity contribution >= 4 is 9.84 Å². The minimum atomic E-state index is -3.08. The van der Waals surface area contributed by atoms with E-state index in [2.05, 4.69) is 5.32 Å². The Hall–Kier alpha value is -0.870. The third-order valence-corrected chi connectivity index (χ3v) is 3.94. The van der Waals surface area contributed by atoms with Crippen LogP contribution in [0.15, 0.2) is 29.2 Å². The molecular formula is C11H15NO2S. The minimum absolute atomic E-state index is 0.483. The van der Waals surface area contributed by atoms with E-state index < -0.39 is 9.84 Å². The number of hydrogen-bond donors (Lipinski definition) is 1. The molecular weight excluding hydrogens is 210 g/mol. The fraction of sp³-hybridized carbons (Fsp3) is 0.455. The normalized spacial score (nSPS) is 17.4. The van der Waals surface area contributed by atoms with Crippen LogP contribution in [0.4, 0.5) is 0 Å². The predicted octanol–water partition coefficient (Wildman–Crippen LogP) is 0.852. The van der Waals surface area contributed by atoms with Gasteiger partial charge in [-0.1, -0.05) is 18.2 Å². The first-order valence-electron chi connectivity index (χ1n) is 5.06. The summed E-state index contributed by atoms with van der Waals surface area (Å²) in [6.45, 7) is 2.00. The summed E-state index contributed by atoms with van der Waals surface area (Å²) in [5.41, 5.74) is 0.950. The van der Waals surface area contributed by atoms with E-state index in [9.17, 15) is 8.42 Å². The van der Waals surface area contributed by atoms with E-state index in [0.717, 1.165) is 25.1 Å². The Bertz CT molecular complexity index is 449. The molecule has 0 saturated carbocycles. The lowest BCUT2D eigenvalue weighted by molar-refractivity contribution is 0.345. The molecule has 1 aliphatic heterocycles. The average molecular weight is 225 g/mol. The Morgan fingerprint density at radius 2 is 2.00 bits per heavy atom. The van der Waals surface area contributed by atoms with Crippen LogP contribution in [0.3, 0.4) is 0 Å². The van der Waals surface area contributed by atoms with Crippen molar-refractivity contribution in [1.29, 1.82) is 0 Å². The van der Waals surface area contributed by atoms with Crippen molar-refractivity contribution in [1.82, 2.24) is 5.32 Å². The highest BCUT2D eigenvalue weighted by Crippen LogP contribution is 2.20. The molecule has 3 nitrogen and oxygen atoms in total. The number of rotatable bonds is 3. The molecule has 1 N–H and O–H groups in total. The lowest BCUT2D eigenvalue weighted by Gasteiger charge is -2.27. The highest BCUT2D eigenvalue weighted by Gasteiger charge is 2.20. The van der Waals surface area contributed by atoms with E-state index in [4.69, 9.17) is 0 Å². The molecule has 0 radical (unpaired) electrons. The molecule has 1 aromatic rings. The van der Waals surface area contributed by atoms with Gasteiger partial charge in [0, 0.05) is 6.26 Å². The van der Waals surface area contributed by atoms with Crippen LogP contribution < -0.4 is 5.32 Å². The van der Waals surface area contributed by atoms with E-state index in [0.29, 0.717) is 10.8 Å². The second-order valence-electron chi connectivity index (χ2n) is 4.11. The zero-order valence-electron chi connectivity index (χ0n) is 8.73. The van der Waals surface area contributed by atoms with Gasteiger partial charge in [0.1, 0.15) is 0 Å². The van der Waals surface area contributed by atoms with Gasteiger partial charge < -0.3 is 5.32 Å². The summed E-state index contributed by atoms with van der Waals surface area (Å²) >= 11 is 0. The molecule has 1 fully saturated rings. The monoisotopic (exact) mass is 225 g/mol. The molecule has 0 amide bonds. The Morgan fingerprint density at radius 3 is 2.53 bits per heavy atom. The zero-order valence-corrected chi connectivity index (χ0v) is 9.55. The molecule has 0 spiro atoms. The SMILES string of the molecule is CS(=O)(=O)c1ccccc1CC1CNC1. The van der Waals surface area contributed by atoms with Crippen LogP contribution >= 0.6 is 0 Å². The summed E-state index contributed by atoms with van der Waals surface area (Å²) in [6, 6.07) is 7.28. The van der Waals surface area contributed by atoms with E-state index >= 15 is 0 Å². The first kappa shape index (κ1) is 10.6. The Morgan fingerprint density at radius 1 is 1.33 bits per heavy atom. The van der Waals surface area contributed by atoms with Crippen molar-refractivity contribution in [3.05, 3.63) is 29.8 Å². The Balaban J connectivity index is 2.29. The minimum Gasteiger partial charge on any atom is -0.316 e. The molecule has 0 aliphatic carbocycles. The molecule has 82 valence electrons. The molecule has 15 heavy (non-hydrogen) atoms. The maximum absolute atomic E-state index is 11.5. The summed E-state index contributed by atoms with van der Waals surface area (Å²) in [6.07, 6.45) is 2.13. The van der Waals surface area contributed by atoms with Crippen LogP contribution in [0.1, 0.15) is 5.56 Å². The van der Waals surface area contributed by atoms with Crippen molar-refractivity contribution in [2.75, 3.05) is 19.3 Å². The van der Waals surface area contributed by atoms with Crippen molar-refractivity contribution in [2.45, 2.75) is 11.3 Å². The molecule has 0 bridgehead atoms. The van der Waals surface area contributed by atoms with Gasteiger partial charge in [0.25, 0.3) is 0 Å². The summed E-state index contributed by atoms with van der Waals surface area (Å²) in [5.74, 6) is 0.591. The second-order valence-corrected chi connectivity index (χ2v) is 6.09. The van der Waals surface area contributed by atoms with Crippen molar-refractivity contribution in [3.8, 4) is 0 Å². The van der Waals surface area contributed by atoms with Gasteiger partial charge in [0.15, 0.2) is 9.84 Å². The van der Waals surface area contributed by atoms with Crippen LogP contribution in [0.5, 0.6) is 0 Å². The van der Waals surface area contributed by atoms with Gasteiger partial charge in [-0.05, 0) is 37.1 Å². The second kappa shape index (κ2) is 3.94. The first-order chi connectivity index (χ1) is 7.07. The van der Waals surface area contributed by atoms with Gasteiger partial charge in [-0.15, -0.1) is 0 Å². The largest absolute Gasteiger partial charge is 0.316 e. The molecule has 1 aliphatic rings. The van der Waals surface area contributed by atoms with Gasteiger partial charge in [-0.25, -0.2) is 8.42 Å². The molecule has 4 heteroatoms. The van der Waals surface area contributed by atoms with Gasteiger partial charge >= 0.3 is 0 Å². The Labute approximate surface area is 90.4 Å². The number of benzene rings is 1. The molecule has 0 atom stereocenters. The lowest BCUT2D eigenvalue weighted by atomic mass is 9.94. The van der Waals surface area contributed by atoms with E-state index in [1.165, 1.54) is 6.26 Å². The average Bonchev–Trinajstić information content (AvgIpc) is 2.10. The summed E-state index contributed by atoms with van der Waals surface area (Å²) < 4.78 is 23.1. The summed E-state index contributed by atoms with van der Waals surface area (Å²) in [5, 5.41) is 3.19. The Kier molecular flexibility index (Phi) is 2.80. The van der Waals surface area contributed by atoms with Crippen molar-refractivity contribution in [2.24, 2.45) is 5.92 Å². The van der Waals surface area contributed by atoms with Crippen LogP contribution in [0.25, 0.3) is 0 Å². The van der Waals surface area contributed by atoms with E-state index in [-0.39, 0.29) is 0 Å². The van der Waals surface area contributed by atoms with Crippen LogP contribution in [-0.2, 0) is 16.3 Å². The van der Waals surface area contributed by atoms with Gasteiger partial charge in [-0.2, -0.15) is 0 Å². The first-order valence-corrected chi connectivity index (χ1v) is 6.95. The fourth-order valence-electron chi connectivity index (χ4n) is 1.84. The van der Waals surface area contributed by atoms with Crippen LogP contribution in [0.2, 0.25) is 0 Å². The molecule has 0 aromatic heterocycles. The number of hydrogen-bond acceptors (Lipinski definition) is 3. The molecule has 1 aromatic carbocycles. The maximum atomic E-state index is 11.5. The van der Waals surface area contributed by atoms with Crippen molar-refractivity contribution in [3.63, 3.8) is 0 Å². The van der Waals surface area contributed by atoms with E-state index in [1.54, 1.807) is 12.1 Å². The van der Waals surface area contributed by atoms with Crippen molar-refractivity contribution < 1.29 is 8.42 Å². The quantitative estimate of drug-likeness (QED) is 0.829. The standard InChI is InChI=1S/C11H15NO2S/c1-15(13,14)11-5-3-2-4-10(11)6-9-7-12-8-9/h2-5,9,12H,6-8H2,1H3. The molecule has 2 rings (SSSR count). The molecule has 1 saturated heterocycles. The summed E-state index contributed by atoms with van der Waals surface area (Å²) in [7, 11) is -3.08. The highest BCUT2D eigenvalue weighted by atomic mass is 32.2. The predicted molar refractivity (Wildman–Crippen MR) is 59.6 cm³/mol. The smallest absolute Gasteiger partial charge is 0.175 e. The summed E-state index contributed by atoms with van der Waals surface area (Å²) in [4.78, 5) is 0.483. The topological polar surface area (TPSA) is 46.2 Å². The third kappa shape index (κ3) is 2.38. The van der Waals surface area contributed by atoms with Gasteiger partial charge in [0.05, 0.1) is 4.90 Å². The molecule has 1 heterocycles.